The van der Waals surface area contributed by atoms with Crippen molar-refractivity contribution < 1.29 is 24.2 Å². The maximum absolute atomic E-state index is 13.8. The van der Waals surface area contributed by atoms with Crippen LogP contribution in [0.4, 0.5) is 11.4 Å². The van der Waals surface area contributed by atoms with Crippen LogP contribution >= 0.6 is 11.6 Å². The van der Waals surface area contributed by atoms with E-state index in [-0.39, 0.29) is 25.0 Å². The van der Waals surface area contributed by atoms with Crippen LogP contribution in [0.15, 0.2) is 54.6 Å². The first-order valence-electron chi connectivity index (χ1n) is 11.9. The number of β-amino-alcohol motifs (C(OH)–C–C–N with tert-alkyl or cyclic N) is 1. The summed E-state index contributed by atoms with van der Waals surface area (Å²) in [5.74, 6) is -2.67. The van der Waals surface area contributed by atoms with Gasteiger partial charge in [-0.25, -0.2) is 0 Å². The molecular weight excluding hydrogens is 470 g/mol. The SMILES string of the molecule is CC[C@@]12CCC3(O1)C(C(=O)Nc1ccccc1Cl)N(CCO)C(=O)[C@@H]3[C@@H]2C(=O)Nc1ccccc1. The van der Waals surface area contributed by atoms with Gasteiger partial charge < -0.3 is 25.4 Å². The molecule has 0 aliphatic carbocycles. The standard InChI is InChI=1S/C26H28ClN3O5/c1-2-25-12-13-26(35-25)20(19(25)22(32)28-16-8-4-3-5-9-16)24(34)30(14-15-31)21(26)23(33)29-18-11-7-6-10-17(18)27/h3-11,19-21,31H,2,12-15H2,1H3,(H,28,32)(H,29,33)/t19-,20+,21?,25+,26?/m1/s1. The molecule has 9 heteroatoms. The number of amides is 3. The summed E-state index contributed by atoms with van der Waals surface area (Å²) in [7, 11) is 0. The highest BCUT2D eigenvalue weighted by atomic mass is 35.5. The van der Waals surface area contributed by atoms with E-state index in [4.69, 9.17) is 16.3 Å². The fourth-order valence-electron chi connectivity index (χ4n) is 6.27. The van der Waals surface area contributed by atoms with Crippen LogP contribution in [-0.2, 0) is 19.1 Å². The monoisotopic (exact) mass is 497 g/mol. The number of hydrogen-bond donors (Lipinski definition) is 3. The van der Waals surface area contributed by atoms with Gasteiger partial charge in [-0.3, -0.25) is 14.4 Å². The van der Waals surface area contributed by atoms with Gasteiger partial charge in [0.1, 0.15) is 11.6 Å². The summed E-state index contributed by atoms with van der Waals surface area (Å²) in [6.07, 6.45) is 1.56. The van der Waals surface area contributed by atoms with Gasteiger partial charge >= 0.3 is 0 Å². The van der Waals surface area contributed by atoms with Crippen molar-refractivity contribution in [2.45, 2.75) is 43.4 Å². The number of aliphatic hydroxyl groups excluding tert-OH is 1. The van der Waals surface area contributed by atoms with Gasteiger partial charge in [0.15, 0.2) is 0 Å². The maximum Gasteiger partial charge on any atom is 0.250 e. The van der Waals surface area contributed by atoms with E-state index in [0.29, 0.717) is 35.7 Å². The Kier molecular flexibility index (Phi) is 6.07. The molecule has 5 rings (SSSR count). The van der Waals surface area contributed by atoms with E-state index < -0.39 is 35.0 Å². The molecule has 2 unspecified atom stereocenters. The molecule has 2 bridgehead atoms. The van der Waals surface area contributed by atoms with Gasteiger partial charge in [0, 0.05) is 12.2 Å². The summed E-state index contributed by atoms with van der Waals surface area (Å²) in [4.78, 5) is 42.4. The average molecular weight is 498 g/mol. The Bertz CT molecular complexity index is 1160. The van der Waals surface area contributed by atoms with Crippen molar-refractivity contribution in [3.05, 3.63) is 59.6 Å². The number of aliphatic hydroxyl groups is 1. The number of halogens is 1. The number of nitrogens with zero attached hydrogens (tertiary/aromatic N) is 1. The zero-order chi connectivity index (χ0) is 24.8. The van der Waals surface area contributed by atoms with E-state index in [1.165, 1.54) is 4.90 Å². The average Bonchev–Trinajstić information content (AvgIpc) is 3.45. The van der Waals surface area contributed by atoms with Crippen LogP contribution in [-0.4, -0.2) is 58.1 Å². The summed E-state index contributed by atoms with van der Waals surface area (Å²) in [5.41, 5.74) is -0.947. The lowest BCUT2D eigenvalue weighted by Gasteiger charge is -2.33. The van der Waals surface area contributed by atoms with Crippen molar-refractivity contribution in [2.75, 3.05) is 23.8 Å². The molecule has 0 saturated carbocycles. The second-order valence-electron chi connectivity index (χ2n) is 9.41. The van der Waals surface area contributed by atoms with Crippen LogP contribution in [0.3, 0.4) is 0 Å². The van der Waals surface area contributed by atoms with Gasteiger partial charge in [-0.2, -0.15) is 0 Å². The lowest BCUT2D eigenvalue weighted by Crippen LogP contribution is -2.53. The number of carbonyl (C=O) groups is 3. The molecule has 0 aromatic heterocycles. The Balaban J connectivity index is 1.52. The lowest BCUT2D eigenvalue weighted by molar-refractivity contribution is -0.144. The largest absolute Gasteiger partial charge is 0.395 e. The normalized spacial score (nSPS) is 30.9. The molecule has 1 spiro atoms. The number of nitrogens with one attached hydrogen (secondary N) is 2. The molecule has 184 valence electrons. The van der Waals surface area contributed by atoms with Crippen molar-refractivity contribution >= 4 is 40.7 Å². The fraction of sp³-hybridized carbons (Fsp3) is 0.423. The Morgan fingerprint density at radius 1 is 1.09 bits per heavy atom. The summed E-state index contributed by atoms with van der Waals surface area (Å²) in [6.45, 7) is 1.59. The Labute approximate surface area is 208 Å². The van der Waals surface area contributed by atoms with Crippen molar-refractivity contribution in [1.82, 2.24) is 4.90 Å². The van der Waals surface area contributed by atoms with E-state index in [9.17, 15) is 19.5 Å². The smallest absolute Gasteiger partial charge is 0.250 e. The van der Waals surface area contributed by atoms with E-state index in [2.05, 4.69) is 10.6 Å². The number of rotatable bonds is 7. The van der Waals surface area contributed by atoms with Gasteiger partial charge in [0.25, 0.3) is 0 Å². The first-order chi connectivity index (χ1) is 16.9. The number of hydrogen-bond acceptors (Lipinski definition) is 5. The van der Waals surface area contributed by atoms with Crippen LogP contribution in [0.5, 0.6) is 0 Å². The minimum atomic E-state index is -1.16. The molecule has 2 aromatic rings. The number of benzene rings is 2. The highest BCUT2D eigenvalue weighted by Gasteiger charge is 2.78. The zero-order valence-electron chi connectivity index (χ0n) is 19.4. The molecule has 3 N–H and O–H groups in total. The molecule has 3 amide bonds. The number of para-hydroxylation sites is 2. The number of anilines is 2. The third-order valence-corrected chi connectivity index (χ3v) is 8.06. The summed E-state index contributed by atoms with van der Waals surface area (Å²) in [6, 6.07) is 14.9. The topological polar surface area (TPSA) is 108 Å². The van der Waals surface area contributed by atoms with Crippen molar-refractivity contribution in [3.63, 3.8) is 0 Å². The van der Waals surface area contributed by atoms with Crippen LogP contribution in [0, 0.1) is 11.8 Å². The van der Waals surface area contributed by atoms with Gasteiger partial charge in [-0.15, -0.1) is 0 Å². The first kappa shape index (κ1) is 23.8. The molecule has 3 heterocycles. The Morgan fingerprint density at radius 3 is 2.49 bits per heavy atom. The van der Waals surface area contributed by atoms with E-state index in [1.807, 2.05) is 25.1 Å². The van der Waals surface area contributed by atoms with Crippen molar-refractivity contribution in [1.29, 1.82) is 0 Å². The fourth-order valence-corrected chi connectivity index (χ4v) is 6.45. The molecule has 3 aliphatic rings. The van der Waals surface area contributed by atoms with Crippen LogP contribution in [0.1, 0.15) is 26.2 Å². The van der Waals surface area contributed by atoms with E-state index in [1.54, 1.807) is 36.4 Å². The second-order valence-corrected chi connectivity index (χ2v) is 9.82. The third-order valence-electron chi connectivity index (χ3n) is 7.73. The first-order valence-corrected chi connectivity index (χ1v) is 12.3. The molecule has 5 atom stereocenters. The highest BCUT2D eigenvalue weighted by Crippen LogP contribution is 2.64. The summed E-state index contributed by atoms with van der Waals surface area (Å²) >= 11 is 6.26. The van der Waals surface area contributed by atoms with Gasteiger partial charge in [0.05, 0.1) is 34.8 Å². The molecule has 3 fully saturated rings. The zero-order valence-corrected chi connectivity index (χ0v) is 20.1. The number of fused-ring (bicyclic) bond motifs is 1. The lowest BCUT2D eigenvalue weighted by atomic mass is 9.65. The summed E-state index contributed by atoms with van der Waals surface area (Å²) < 4.78 is 6.64. The quantitative estimate of drug-likeness (QED) is 0.545. The second kappa shape index (κ2) is 8.93. The van der Waals surface area contributed by atoms with Crippen molar-refractivity contribution in [2.24, 2.45) is 11.8 Å². The minimum absolute atomic E-state index is 0.0345. The van der Waals surface area contributed by atoms with E-state index in [0.717, 1.165) is 0 Å². The molecular formula is C26H28ClN3O5. The molecule has 3 saturated heterocycles. The van der Waals surface area contributed by atoms with E-state index >= 15 is 0 Å². The maximum atomic E-state index is 13.8. The molecule has 2 aromatic carbocycles. The van der Waals surface area contributed by atoms with Crippen LogP contribution < -0.4 is 10.6 Å². The van der Waals surface area contributed by atoms with Crippen LogP contribution in [0.2, 0.25) is 5.02 Å². The predicted molar refractivity (Wildman–Crippen MR) is 131 cm³/mol. The third kappa shape index (κ3) is 3.63. The highest BCUT2D eigenvalue weighted by molar-refractivity contribution is 6.33. The number of carbonyl (C=O) groups excluding carboxylic acids is 3. The van der Waals surface area contributed by atoms with Gasteiger partial charge in [-0.1, -0.05) is 48.9 Å². The Morgan fingerprint density at radius 2 is 1.80 bits per heavy atom. The predicted octanol–water partition coefficient (Wildman–Crippen LogP) is 3.06. The van der Waals surface area contributed by atoms with Crippen LogP contribution in [0.25, 0.3) is 0 Å². The number of ether oxygens (including phenoxy) is 1. The summed E-state index contributed by atoms with van der Waals surface area (Å²) in [5, 5.41) is 15.9. The van der Waals surface area contributed by atoms with Gasteiger partial charge in [-0.05, 0) is 43.5 Å². The number of likely N-dealkylation sites (tertiary alicyclic amines) is 1. The molecule has 8 nitrogen and oxygen atoms in total. The molecule has 35 heavy (non-hydrogen) atoms. The minimum Gasteiger partial charge on any atom is -0.395 e. The molecule has 0 radical (unpaired) electrons. The molecule has 3 aliphatic heterocycles. The van der Waals surface area contributed by atoms with Crippen molar-refractivity contribution in [3.8, 4) is 0 Å². The van der Waals surface area contributed by atoms with Gasteiger partial charge in [0.2, 0.25) is 17.7 Å². The Hall–Kier alpha value is -2.94.